The fraction of sp³-hybridized carbons (Fsp3) is 0.391. The van der Waals surface area contributed by atoms with Crippen LogP contribution in [0, 0.1) is 28.1 Å². The van der Waals surface area contributed by atoms with Gasteiger partial charge in [0.15, 0.2) is 0 Å². The van der Waals surface area contributed by atoms with Crippen LogP contribution in [-0.2, 0) is 0 Å². The largest absolute Gasteiger partial charge is 0.326 e. The van der Waals surface area contributed by atoms with E-state index in [1.165, 1.54) is 22.8 Å². The Hall–Kier alpha value is -2.98. The van der Waals surface area contributed by atoms with Gasteiger partial charge in [0, 0.05) is 13.1 Å². The second-order valence-corrected chi connectivity index (χ2v) is 7.84. The van der Waals surface area contributed by atoms with E-state index in [0.717, 1.165) is 31.5 Å². The van der Waals surface area contributed by atoms with E-state index in [-0.39, 0.29) is 11.0 Å². The molecule has 0 atom stereocenters. The number of hydrogen-bond acceptors (Lipinski definition) is 4. The minimum atomic E-state index is 0.0228. The third-order valence-corrected chi connectivity index (χ3v) is 5.22. The third kappa shape index (κ3) is 3.49. The Balaban J connectivity index is 2.11. The molecule has 0 N–H and O–H groups in total. The number of hydrogen-bond donors (Lipinski definition) is 0. The molecule has 138 valence electrons. The SMILES string of the molecule is CCN1C(=CC2=CC(=C(C#N)C#N)CC(C)(C)C2)N(CC)c2ccccc21. The molecule has 27 heavy (non-hydrogen) atoms. The van der Waals surface area contributed by atoms with Crippen molar-refractivity contribution >= 4 is 11.4 Å². The smallest absolute Gasteiger partial charge is 0.132 e. The first-order valence-electron chi connectivity index (χ1n) is 9.53. The van der Waals surface area contributed by atoms with Crippen molar-refractivity contribution in [1.82, 2.24) is 0 Å². The highest BCUT2D eigenvalue weighted by Gasteiger charge is 2.31. The van der Waals surface area contributed by atoms with Gasteiger partial charge in [0.2, 0.25) is 0 Å². The Kier molecular flexibility index (Phi) is 5.10. The highest BCUT2D eigenvalue weighted by Crippen LogP contribution is 2.44. The zero-order chi connectivity index (χ0) is 19.6. The second-order valence-electron chi connectivity index (χ2n) is 7.84. The number of nitrogens with zero attached hydrogens (tertiary/aromatic N) is 4. The molecule has 0 amide bonds. The van der Waals surface area contributed by atoms with Gasteiger partial charge in [-0.15, -0.1) is 0 Å². The minimum absolute atomic E-state index is 0.0228. The lowest BCUT2D eigenvalue weighted by Crippen LogP contribution is -2.28. The zero-order valence-corrected chi connectivity index (χ0v) is 16.6. The van der Waals surface area contributed by atoms with Gasteiger partial charge in [-0.05, 0) is 61.5 Å². The summed E-state index contributed by atoms with van der Waals surface area (Å²) in [5, 5.41) is 18.6. The highest BCUT2D eigenvalue weighted by atomic mass is 15.4. The molecule has 0 bridgehead atoms. The van der Waals surface area contributed by atoms with Crippen molar-refractivity contribution in [2.75, 3.05) is 22.9 Å². The van der Waals surface area contributed by atoms with Crippen LogP contribution in [0.2, 0.25) is 0 Å². The molecule has 0 aromatic heterocycles. The molecule has 4 nitrogen and oxygen atoms in total. The van der Waals surface area contributed by atoms with Crippen LogP contribution in [-0.4, -0.2) is 13.1 Å². The van der Waals surface area contributed by atoms with Gasteiger partial charge in [0.05, 0.1) is 11.4 Å². The number of para-hydroxylation sites is 2. The first-order valence-corrected chi connectivity index (χ1v) is 9.53. The maximum Gasteiger partial charge on any atom is 0.132 e. The van der Waals surface area contributed by atoms with Gasteiger partial charge in [-0.25, -0.2) is 0 Å². The van der Waals surface area contributed by atoms with Crippen LogP contribution in [0.3, 0.4) is 0 Å². The summed E-state index contributed by atoms with van der Waals surface area (Å²) in [6, 6.07) is 12.6. The van der Waals surface area contributed by atoms with Crippen molar-refractivity contribution < 1.29 is 0 Å². The number of benzene rings is 1. The van der Waals surface area contributed by atoms with E-state index in [1.807, 2.05) is 6.08 Å². The van der Waals surface area contributed by atoms with Crippen molar-refractivity contribution in [3.8, 4) is 12.1 Å². The van der Waals surface area contributed by atoms with Crippen LogP contribution in [0.5, 0.6) is 0 Å². The standard InChI is InChI=1S/C23H26N4/c1-5-26-20-9-7-8-10-21(20)27(6-2)22(26)12-17-11-18(19(15-24)16-25)14-23(3,4)13-17/h7-12H,5-6,13-14H2,1-4H3. The summed E-state index contributed by atoms with van der Waals surface area (Å²) in [4.78, 5) is 4.67. The molecule has 0 spiro atoms. The Morgan fingerprint density at radius 1 is 1.04 bits per heavy atom. The molecule has 1 aliphatic heterocycles. The molecular formula is C23H26N4. The van der Waals surface area contributed by atoms with E-state index in [0.29, 0.717) is 0 Å². The summed E-state index contributed by atoms with van der Waals surface area (Å²) < 4.78 is 0. The predicted molar refractivity (Wildman–Crippen MR) is 110 cm³/mol. The number of fused-ring (bicyclic) bond motifs is 1. The molecule has 0 unspecified atom stereocenters. The topological polar surface area (TPSA) is 54.1 Å². The van der Waals surface area contributed by atoms with Gasteiger partial charge in [-0.1, -0.05) is 32.1 Å². The van der Waals surface area contributed by atoms with Crippen molar-refractivity contribution in [1.29, 1.82) is 10.5 Å². The zero-order valence-electron chi connectivity index (χ0n) is 16.6. The highest BCUT2D eigenvalue weighted by molar-refractivity contribution is 5.82. The average molecular weight is 358 g/mol. The molecule has 0 fully saturated rings. The van der Waals surface area contributed by atoms with Gasteiger partial charge in [-0.2, -0.15) is 10.5 Å². The molecule has 3 rings (SSSR count). The Morgan fingerprint density at radius 3 is 2.07 bits per heavy atom. The molecule has 4 heteroatoms. The average Bonchev–Trinajstić information content (AvgIpc) is 2.93. The number of anilines is 2. The quantitative estimate of drug-likeness (QED) is 0.689. The van der Waals surface area contributed by atoms with Gasteiger partial charge in [0.1, 0.15) is 23.5 Å². The van der Waals surface area contributed by atoms with E-state index in [9.17, 15) is 10.5 Å². The summed E-state index contributed by atoms with van der Waals surface area (Å²) >= 11 is 0. The molecular weight excluding hydrogens is 332 g/mol. The molecule has 0 radical (unpaired) electrons. The lowest BCUT2D eigenvalue weighted by atomic mass is 9.74. The van der Waals surface area contributed by atoms with Crippen molar-refractivity contribution in [2.45, 2.75) is 40.5 Å². The molecule has 1 aliphatic carbocycles. The van der Waals surface area contributed by atoms with E-state index in [4.69, 9.17) is 0 Å². The third-order valence-electron chi connectivity index (χ3n) is 5.22. The molecule has 0 saturated heterocycles. The Morgan fingerprint density at radius 2 is 1.59 bits per heavy atom. The molecule has 1 heterocycles. The van der Waals surface area contributed by atoms with E-state index in [1.54, 1.807) is 0 Å². The molecule has 1 aromatic carbocycles. The van der Waals surface area contributed by atoms with E-state index in [2.05, 4.69) is 80.0 Å². The normalized spacial score (nSPS) is 17.8. The van der Waals surface area contributed by atoms with Gasteiger partial charge in [-0.3, -0.25) is 0 Å². The maximum absolute atomic E-state index is 9.31. The monoisotopic (exact) mass is 358 g/mol. The van der Waals surface area contributed by atoms with Gasteiger partial charge >= 0.3 is 0 Å². The van der Waals surface area contributed by atoms with Crippen molar-refractivity contribution in [3.05, 3.63) is 59.0 Å². The Bertz CT molecular complexity index is 869. The van der Waals surface area contributed by atoms with Gasteiger partial charge in [0.25, 0.3) is 0 Å². The van der Waals surface area contributed by atoms with Crippen LogP contribution in [0.15, 0.2) is 59.0 Å². The maximum atomic E-state index is 9.31. The fourth-order valence-corrected chi connectivity index (χ4v) is 4.18. The number of allylic oxidation sites excluding steroid dienone is 5. The summed E-state index contributed by atoms with van der Waals surface area (Å²) in [5.74, 6) is 1.17. The Labute approximate surface area is 162 Å². The summed E-state index contributed by atoms with van der Waals surface area (Å²) in [6.07, 6.45) is 5.96. The minimum Gasteiger partial charge on any atom is -0.326 e. The summed E-state index contributed by atoms with van der Waals surface area (Å²) in [7, 11) is 0. The van der Waals surface area contributed by atoms with Crippen molar-refractivity contribution in [2.24, 2.45) is 5.41 Å². The van der Waals surface area contributed by atoms with E-state index < -0.39 is 0 Å². The van der Waals surface area contributed by atoms with Gasteiger partial charge < -0.3 is 9.80 Å². The molecule has 1 aromatic rings. The second kappa shape index (κ2) is 7.33. The van der Waals surface area contributed by atoms with Crippen LogP contribution in [0.25, 0.3) is 0 Å². The molecule has 0 saturated carbocycles. The van der Waals surface area contributed by atoms with Crippen LogP contribution in [0.4, 0.5) is 11.4 Å². The van der Waals surface area contributed by atoms with Crippen LogP contribution >= 0.6 is 0 Å². The van der Waals surface area contributed by atoms with Crippen LogP contribution < -0.4 is 9.80 Å². The van der Waals surface area contributed by atoms with Crippen LogP contribution in [0.1, 0.15) is 40.5 Å². The first kappa shape index (κ1) is 18.8. The summed E-state index contributed by atoms with van der Waals surface area (Å²) in [6.45, 7) is 10.5. The molecule has 2 aliphatic rings. The predicted octanol–water partition coefficient (Wildman–Crippen LogP) is 5.28. The lowest BCUT2D eigenvalue weighted by Gasteiger charge is -2.32. The number of nitriles is 2. The number of rotatable bonds is 3. The fourth-order valence-electron chi connectivity index (χ4n) is 4.18. The van der Waals surface area contributed by atoms with Crippen molar-refractivity contribution in [3.63, 3.8) is 0 Å². The summed E-state index contributed by atoms with van der Waals surface area (Å²) in [5.41, 5.74) is 4.74. The van der Waals surface area contributed by atoms with E-state index >= 15 is 0 Å². The first-order chi connectivity index (χ1) is 12.9. The lowest BCUT2D eigenvalue weighted by molar-refractivity contribution is 0.354.